The van der Waals surface area contributed by atoms with Crippen LogP contribution in [0.15, 0.2) is 90.0 Å². The summed E-state index contributed by atoms with van der Waals surface area (Å²) >= 11 is 0. The van der Waals surface area contributed by atoms with Crippen LogP contribution in [0.2, 0.25) is 0 Å². The highest BCUT2D eigenvalue weighted by Gasteiger charge is 2.52. The fourth-order valence-corrected chi connectivity index (χ4v) is 10.3. The number of ether oxygens (including phenoxy) is 8. The van der Waals surface area contributed by atoms with Gasteiger partial charge in [-0.25, -0.2) is 9.65 Å². The van der Waals surface area contributed by atoms with Gasteiger partial charge < -0.3 is 46.9 Å². The van der Waals surface area contributed by atoms with Crippen LogP contribution in [0.25, 0.3) is 11.2 Å². The van der Waals surface area contributed by atoms with E-state index in [0.717, 1.165) is 16.7 Å². The molecule has 0 saturated carbocycles. The smallest absolute Gasteiger partial charge is 0.303 e. The normalized spacial score (nSPS) is 17.6. The molecule has 3 unspecified atom stereocenters. The molecule has 0 aliphatic carbocycles. The van der Waals surface area contributed by atoms with E-state index in [1.165, 1.54) is 24.7 Å². The number of H-pyrrole nitrogens is 1. The van der Waals surface area contributed by atoms with Crippen LogP contribution in [0.3, 0.4) is 0 Å². The second kappa shape index (κ2) is 27.4. The number of hydrogen-bond donors (Lipinski definition) is 2. The maximum atomic E-state index is 13.6. The minimum atomic E-state index is -1.98. The molecule has 1 saturated heterocycles. The number of esters is 2. The van der Waals surface area contributed by atoms with Crippen LogP contribution in [0.4, 0.5) is 5.95 Å². The highest BCUT2D eigenvalue weighted by atomic mass is 31.2. The number of rotatable bonds is 28. The van der Waals surface area contributed by atoms with Gasteiger partial charge in [0.05, 0.1) is 52.9 Å². The number of carbonyl (C=O) groups excluding carboxylic acids is 3. The molecule has 1 fully saturated rings. The topological polar surface area (TPSA) is 246 Å². The molecule has 1 amide bonds. The summed E-state index contributed by atoms with van der Waals surface area (Å²) in [6, 6.07) is 26.9. The fraction of sp³-hybridized carbons (Fsp3) is 0.491. The van der Waals surface area contributed by atoms with Crippen molar-refractivity contribution >= 4 is 43.5 Å². The van der Waals surface area contributed by atoms with E-state index in [4.69, 9.17) is 46.9 Å². The van der Waals surface area contributed by atoms with Crippen molar-refractivity contribution in [3.8, 4) is 17.6 Å². The lowest BCUT2D eigenvalue weighted by molar-refractivity contribution is -0.160. The molecular formula is C53H68N7O14P. The fourth-order valence-electron chi connectivity index (χ4n) is 8.50. The predicted molar refractivity (Wildman–Crippen MR) is 276 cm³/mol. The van der Waals surface area contributed by atoms with Gasteiger partial charge in [-0.05, 0) is 68.7 Å². The maximum Gasteiger partial charge on any atom is 0.303 e. The Labute approximate surface area is 438 Å². The first kappa shape index (κ1) is 57.9. The van der Waals surface area contributed by atoms with E-state index in [0.29, 0.717) is 11.5 Å². The van der Waals surface area contributed by atoms with Crippen molar-refractivity contribution < 1.29 is 61.3 Å². The minimum Gasteiger partial charge on any atom is -0.497 e. The van der Waals surface area contributed by atoms with Gasteiger partial charge in [-0.3, -0.25) is 34.0 Å². The Balaban J connectivity index is 1.51. The number of aromatic amines is 1. The third-order valence-corrected chi connectivity index (χ3v) is 14.1. The Morgan fingerprint density at radius 3 is 2.07 bits per heavy atom. The van der Waals surface area contributed by atoms with Crippen molar-refractivity contribution in [1.82, 2.24) is 24.2 Å². The Morgan fingerprint density at radius 2 is 1.51 bits per heavy atom. The zero-order valence-corrected chi connectivity index (χ0v) is 44.9. The third kappa shape index (κ3) is 14.7. The van der Waals surface area contributed by atoms with Crippen molar-refractivity contribution in [1.29, 1.82) is 5.26 Å². The van der Waals surface area contributed by atoms with Crippen LogP contribution >= 0.6 is 8.53 Å². The molecule has 6 atom stereocenters. The summed E-state index contributed by atoms with van der Waals surface area (Å²) < 4.78 is 66.4. The number of anilines is 1. The second-order valence-electron chi connectivity index (χ2n) is 18.4. The standard InChI is InChI=1S/C53H68N7O14P/c1-33(2)49(63)57-52-56-48-45(50(64)58-52)55-31-59(48)51-47(69-32-67-28-25-43(72-37(8)62)29-68-36(7)61)46(74-75(71-27-14-26-54)60(34(3)4)35(5)6)44(73-51)30-70-53(38-15-12-11-13-16-38,39-17-21-41(65-9)22-18-39)40-19-23-42(66-10)24-20-40/h11-13,15-24,31,33-35,43-44,46-47,51H,14,25,27-30,32H2,1-10H3,(H2,56,57,58,63,64)/t43?,44-,46?,47+,51-,75?/m1/s1. The summed E-state index contributed by atoms with van der Waals surface area (Å²) in [5, 5.41) is 12.3. The number of hydrogen-bond acceptors (Lipinski definition) is 18. The van der Waals surface area contributed by atoms with Gasteiger partial charge in [0.25, 0.3) is 14.1 Å². The van der Waals surface area contributed by atoms with E-state index in [1.54, 1.807) is 28.1 Å². The van der Waals surface area contributed by atoms with Crippen LogP contribution in [-0.2, 0) is 57.5 Å². The van der Waals surface area contributed by atoms with Gasteiger partial charge in [0.2, 0.25) is 11.9 Å². The van der Waals surface area contributed by atoms with Crippen LogP contribution < -0.4 is 20.3 Å². The minimum absolute atomic E-state index is 0.00113. The molecule has 3 aromatic carbocycles. The number of imidazole rings is 1. The lowest BCUT2D eigenvalue weighted by atomic mass is 9.80. The molecule has 21 nitrogen and oxygen atoms in total. The largest absolute Gasteiger partial charge is 0.497 e. The monoisotopic (exact) mass is 1060 g/mol. The number of nitriles is 1. The van der Waals surface area contributed by atoms with Crippen molar-refractivity contribution in [3.05, 3.63) is 112 Å². The SMILES string of the molecule is COc1ccc(C(OC[C@H]2O[C@@H](n3cnc4c(=O)[nH]c(NC(=O)C(C)C)nc43)[C@@H](OCOCCC(COC(C)=O)OC(C)=O)C2OP(OCCC#N)N(C(C)C)C(C)C)(c2ccccc2)c2ccc(OC)cc2)cc1. The Kier molecular flexibility index (Phi) is 21.2. The van der Waals surface area contributed by atoms with Gasteiger partial charge in [0.1, 0.15) is 54.9 Å². The molecule has 404 valence electrons. The van der Waals surface area contributed by atoms with Crippen LogP contribution in [-0.4, -0.2) is 126 Å². The van der Waals surface area contributed by atoms with E-state index < -0.39 is 68.2 Å². The molecule has 2 N–H and O–H groups in total. The maximum absolute atomic E-state index is 13.6. The molecule has 6 rings (SSSR count). The molecular weight excluding hydrogens is 990 g/mol. The second-order valence-corrected chi connectivity index (χ2v) is 19.8. The summed E-state index contributed by atoms with van der Waals surface area (Å²) in [7, 11) is 1.21. The summed E-state index contributed by atoms with van der Waals surface area (Å²) in [5.41, 5.74) is 0.357. The number of nitrogens with one attached hydrogen (secondary N) is 2. The predicted octanol–water partition coefficient (Wildman–Crippen LogP) is 7.54. The number of amides is 1. The van der Waals surface area contributed by atoms with Gasteiger partial charge >= 0.3 is 11.9 Å². The molecule has 0 radical (unpaired) electrons. The average molecular weight is 1060 g/mol. The zero-order chi connectivity index (χ0) is 54.2. The molecule has 5 aromatic rings. The number of nitrogens with zero attached hydrogens (tertiary/aromatic N) is 5. The van der Waals surface area contributed by atoms with Crippen molar-refractivity contribution in [2.75, 3.05) is 52.8 Å². The van der Waals surface area contributed by atoms with E-state index in [-0.39, 0.29) is 81.2 Å². The lowest BCUT2D eigenvalue weighted by Crippen LogP contribution is -2.43. The summed E-state index contributed by atoms with van der Waals surface area (Å²) in [5.74, 6) is -0.751. The number of carbonyl (C=O) groups is 3. The average Bonchev–Trinajstić information content (AvgIpc) is 3.96. The van der Waals surface area contributed by atoms with E-state index >= 15 is 0 Å². The first-order valence-corrected chi connectivity index (χ1v) is 25.8. The van der Waals surface area contributed by atoms with E-state index in [1.807, 2.05) is 107 Å². The summed E-state index contributed by atoms with van der Waals surface area (Å²) in [4.78, 5) is 61.8. The van der Waals surface area contributed by atoms with Crippen LogP contribution in [0, 0.1) is 17.2 Å². The highest BCUT2D eigenvalue weighted by Crippen LogP contribution is 2.51. The van der Waals surface area contributed by atoms with Crippen molar-refractivity contribution in [2.24, 2.45) is 5.92 Å². The third-order valence-electron chi connectivity index (χ3n) is 12.0. The van der Waals surface area contributed by atoms with Crippen molar-refractivity contribution in [3.63, 3.8) is 0 Å². The van der Waals surface area contributed by atoms with Gasteiger partial charge in [-0.15, -0.1) is 0 Å². The first-order chi connectivity index (χ1) is 36.0. The molecule has 2 aromatic heterocycles. The Morgan fingerprint density at radius 1 is 0.880 bits per heavy atom. The molecule has 1 aliphatic rings. The molecule has 0 bridgehead atoms. The molecule has 0 spiro atoms. The van der Waals surface area contributed by atoms with Gasteiger partial charge in [-0.1, -0.05) is 68.4 Å². The van der Waals surface area contributed by atoms with Crippen molar-refractivity contribution in [2.45, 2.75) is 117 Å². The van der Waals surface area contributed by atoms with Gasteiger partial charge in [0.15, 0.2) is 17.4 Å². The molecule has 75 heavy (non-hydrogen) atoms. The van der Waals surface area contributed by atoms with E-state index in [2.05, 4.69) is 31.0 Å². The number of benzene rings is 3. The van der Waals surface area contributed by atoms with Gasteiger partial charge in [-0.2, -0.15) is 10.2 Å². The van der Waals surface area contributed by atoms with E-state index in [9.17, 15) is 24.4 Å². The molecule has 1 aliphatic heterocycles. The number of fused-ring (bicyclic) bond motifs is 1. The Bertz CT molecular complexity index is 2680. The molecule has 22 heteroatoms. The highest BCUT2D eigenvalue weighted by molar-refractivity contribution is 7.44. The number of aromatic nitrogens is 4. The first-order valence-electron chi connectivity index (χ1n) is 24.7. The lowest BCUT2D eigenvalue weighted by Gasteiger charge is -2.39. The number of methoxy groups -OCH3 is 2. The zero-order valence-electron chi connectivity index (χ0n) is 44.1. The quantitative estimate of drug-likeness (QED) is 0.0161. The molecule has 3 heterocycles. The van der Waals surface area contributed by atoms with Crippen LogP contribution in [0.5, 0.6) is 11.5 Å². The van der Waals surface area contributed by atoms with Crippen LogP contribution in [0.1, 0.15) is 91.1 Å². The summed E-state index contributed by atoms with van der Waals surface area (Å²) in [6.07, 6.45) is -3.54. The Hall–Kier alpha value is -6.34. The van der Waals surface area contributed by atoms with Gasteiger partial charge in [0, 0.05) is 38.3 Å². The summed E-state index contributed by atoms with van der Waals surface area (Å²) in [6.45, 7) is 13.3.